The summed E-state index contributed by atoms with van der Waals surface area (Å²) in [6, 6.07) is 6.44. The molecule has 2 rings (SSSR count). The van der Waals surface area contributed by atoms with E-state index in [9.17, 15) is 18.0 Å². The molecule has 0 unspecified atom stereocenters. The highest BCUT2D eigenvalue weighted by molar-refractivity contribution is 9.10. The van der Waals surface area contributed by atoms with Gasteiger partial charge in [0.05, 0.1) is 11.3 Å². The molecule has 2 N–H and O–H groups in total. The van der Waals surface area contributed by atoms with E-state index in [-0.39, 0.29) is 42.8 Å². The summed E-state index contributed by atoms with van der Waals surface area (Å²) in [5.41, 5.74) is 0. The van der Waals surface area contributed by atoms with Crippen LogP contribution in [-0.4, -0.2) is 49.3 Å². The molecular weight excluding hydrogens is 400 g/mol. The number of nitrogens with one attached hydrogen (secondary N) is 1. The molecule has 9 heteroatoms. The van der Waals surface area contributed by atoms with Crippen LogP contribution >= 0.6 is 15.9 Å². The fourth-order valence-electron chi connectivity index (χ4n) is 2.55. The summed E-state index contributed by atoms with van der Waals surface area (Å²) >= 11 is 3.27. The maximum absolute atomic E-state index is 12.6. The van der Waals surface area contributed by atoms with Crippen LogP contribution in [0.4, 0.5) is 0 Å². The van der Waals surface area contributed by atoms with Crippen LogP contribution in [0.2, 0.25) is 0 Å². The number of carboxylic acids is 1. The minimum atomic E-state index is -3.55. The van der Waals surface area contributed by atoms with Crippen molar-refractivity contribution in [1.29, 1.82) is 0 Å². The van der Waals surface area contributed by atoms with E-state index in [0.717, 1.165) is 4.47 Å². The highest BCUT2D eigenvalue weighted by atomic mass is 79.9. The van der Waals surface area contributed by atoms with E-state index >= 15 is 0 Å². The first-order valence-electron chi connectivity index (χ1n) is 7.56. The van der Waals surface area contributed by atoms with Crippen LogP contribution in [-0.2, 0) is 19.6 Å². The number of carbonyl (C=O) groups excluding carboxylic acids is 1. The molecule has 1 amide bonds. The monoisotopic (exact) mass is 418 g/mol. The minimum Gasteiger partial charge on any atom is -0.481 e. The molecule has 0 spiro atoms. The van der Waals surface area contributed by atoms with Gasteiger partial charge >= 0.3 is 5.97 Å². The number of benzene rings is 1. The lowest BCUT2D eigenvalue weighted by Crippen LogP contribution is -2.43. The van der Waals surface area contributed by atoms with Crippen LogP contribution in [0.15, 0.2) is 33.6 Å². The first kappa shape index (κ1) is 18.9. The maximum atomic E-state index is 12.6. The molecule has 0 atom stereocenters. The molecule has 132 valence electrons. The minimum absolute atomic E-state index is 0.0889. The number of carbonyl (C=O) groups is 2. The largest absolute Gasteiger partial charge is 0.481 e. The molecule has 1 saturated heterocycles. The first-order valence-corrected chi connectivity index (χ1v) is 9.79. The van der Waals surface area contributed by atoms with Crippen LogP contribution in [0.3, 0.4) is 0 Å². The number of amides is 1. The highest BCUT2D eigenvalue weighted by Crippen LogP contribution is 2.24. The molecule has 0 aliphatic carbocycles. The van der Waals surface area contributed by atoms with Crippen LogP contribution in [0.1, 0.15) is 19.3 Å². The normalized spacial score (nSPS) is 16.7. The molecule has 0 aromatic heterocycles. The van der Waals surface area contributed by atoms with Crippen LogP contribution in [0.5, 0.6) is 0 Å². The summed E-state index contributed by atoms with van der Waals surface area (Å²) < 4.78 is 27.3. The van der Waals surface area contributed by atoms with Gasteiger partial charge in [0.15, 0.2) is 0 Å². The molecule has 0 bridgehead atoms. The zero-order chi connectivity index (χ0) is 17.7. The Morgan fingerprint density at radius 3 is 2.33 bits per heavy atom. The molecule has 24 heavy (non-hydrogen) atoms. The van der Waals surface area contributed by atoms with Gasteiger partial charge in [0.2, 0.25) is 15.9 Å². The molecule has 1 fully saturated rings. The number of piperidine rings is 1. The SMILES string of the molecule is O=C(O)CCNC(=O)C1CCN(S(=O)(=O)c2ccc(Br)cc2)CC1. The number of hydrogen-bond acceptors (Lipinski definition) is 4. The van der Waals surface area contributed by atoms with Gasteiger partial charge in [-0.2, -0.15) is 4.31 Å². The molecule has 7 nitrogen and oxygen atoms in total. The molecule has 0 radical (unpaired) electrons. The molecule has 1 heterocycles. The molecule has 0 saturated carbocycles. The fraction of sp³-hybridized carbons (Fsp3) is 0.467. The van der Waals surface area contributed by atoms with Crippen LogP contribution in [0.25, 0.3) is 0 Å². The number of carboxylic acid groups (broad SMARTS) is 1. The number of halogens is 1. The summed E-state index contributed by atoms with van der Waals surface area (Å²) in [4.78, 5) is 22.6. The molecular formula is C15H19BrN2O5S. The van der Waals surface area contributed by atoms with E-state index < -0.39 is 16.0 Å². The van der Waals surface area contributed by atoms with E-state index in [1.54, 1.807) is 24.3 Å². The number of rotatable bonds is 6. The molecule has 1 aromatic carbocycles. The molecule has 1 aliphatic rings. The Morgan fingerprint density at radius 1 is 1.21 bits per heavy atom. The summed E-state index contributed by atoms with van der Waals surface area (Å²) in [6.45, 7) is 0.635. The van der Waals surface area contributed by atoms with Crippen molar-refractivity contribution in [2.75, 3.05) is 19.6 Å². The van der Waals surface area contributed by atoms with Crippen molar-refractivity contribution in [3.63, 3.8) is 0 Å². The first-order chi connectivity index (χ1) is 11.3. The van der Waals surface area contributed by atoms with Gasteiger partial charge in [-0.05, 0) is 37.1 Å². The van der Waals surface area contributed by atoms with E-state index in [1.165, 1.54) is 4.31 Å². The predicted octanol–water partition coefficient (Wildman–Crippen LogP) is 1.44. The standard InChI is InChI=1S/C15H19BrN2O5S/c16-12-1-3-13(4-2-12)24(22,23)18-9-6-11(7-10-18)15(21)17-8-5-14(19)20/h1-4,11H,5-10H2,(H,17,21)(H,19,20). The lowest BCUT2D eigenvalue weighted by molar-refractivity contribution is -0.137. The van der Waals surface area contributed by atoms with Gasteiger partial charge in [-0.3, -0.25) is 9.59 Å². The Kier molecular flexibility index (Phi) is 6.36. The van der Waals surface area contributed by atoms with E-state index in [1.807, 2.05) is 0 Å². The van der Waals surface area contributed by atoms with Gasteiger partial charge < -0.3 is 10.4 Å². The Balaban J connectivity index is 1.91. The second-order valence-corrected chi connectivity index (χ2v) is 8.42. The third kappa shape index (κ3) is 4.78. The highest BCUT2D eigenvalue weighted by Gasteiger charge is 2.31. The quantitative estimate of drug-likeness (QED) is 0.727. The average Bonchev–Trinajstić information content (AvgIpc) is 2.55. The average molecular weight is 419 g/mol. The topological polar surface area (TPSA) is 104 Å². The summed E-state index contributed by atoms with van der Waals surface area (Å²) in [6.07, 6.45) is 0.728. The third-order valence-corrected chi connectivity index (χ3v) is 6.36. The molecule has 1 aromatic rings. The van der Waals surface area contributed by atoms with Crippen LogP contribution in [0, 0.1) is 5.92 Å². The fourth-order valence-corrected chi connectivity index (χ4v) is 4.28. The Hall–Kier alpha value is -1.45. The predicted molar refractivity (Wildman–Crippen MR) is 90.9 cm³/mol. The second kappa shape index (κ2) is 8.09. The van der Waals surface area contributed by atoms with Gasteiger partial charge in [-0.15, -0.1) is 0 Å². The van der Waals surface area contributed by atoms with Gasteiger partial charge in [0.1, 0.15) is 0 Å². The van der Waals surface area contributed by atoms with Crippen molar-refractivity contribution in [3.8, 4) is 0 Å². The lowest BCUT2D eigenvalue weighted by Gasteiger charge is -2.30. The van der Waals surface area contributed by atoms with Gasteiger partial charge in [0.25, 0.3) is 0 Å². The van der Waals surface area contributed by atoms with E-state index in [0.29, 0.717) is 12.8 Å². The van der Waals surface area contributed by atoms with E-state index in [4.69, 9.17) is 5.11 Å². The Bertz CT molecular complexity index is 697. The lowest BCUT2D eigenvalue weighted by atomic mass is 9.97. The number of aliphatic carboxylic acids is 1. The number of nitrogens with zero attached hydrogens (tertiary/aromatic N) is 1. The summed E-state index contributed by atoms with van der Waals surface area (Å²) in [5, 5.41) is 11.1. The second-order valence-electron chi connectivity index (χ2n) is 5.57. The van der Waals surface area contributed by atoms with Crippen molar-refractivity contribution < 1.29 is 23.1 Å². The number of sulfonamides is 1. The zero-order valence-electron chi connectivity index (χ0n) is 12.9. The molecule has 1 aliphatic heterocycles. The maximum Gasteiger partial charge on any atom is 0.305 e. The van der Waals surface area contributed by atoms with Crippen molar-refractivity contribution in [1.82, 2.24) is 9.62 Å². The Labute approximate surface area is 149 Å². The van der Waals surface area contributed by atoms with Crippen molar-refractivity contribution in [2.45, 2.75) is 24.2 Å². The van der Waals surface area contributed by atoms with Crippen molar-refractivity contribution in [2.24, 2.45) is 5.92 Å². The van der Waals surface area contributed by atoms with Crippen LogP contribution < -0.4 is 5.32 Å². The van der Waals surface area contributed by atoms with Gasteiger partial charge in [0, 0.05) is 30.0 Å². The zero-order valence-corrected chi connectivity index (χ0v) is 15.3. The summed E-state index contributed by atoms with van der Waals surface area (Å²) in [7, 11) is -3.55. The van der Waals surface area contributed by atoms with Crippen molar-refractivity contribution >= 4 is 37.8 Å². The Morgan fingerprint density at radius 2 is 1.79 bits per heavy atom. The number of hydrogen-bond donors (Lipinski definition) is 2. The third-order valence-electron chi connectivity index (χ3n) is 3.91. The van der Waals surface area contributed by atoms with Crippen molar-refractivity contribution in [3.05, 3.63) is 28.7 Å². The van der Waals surface area contributed by atoms with E-state index in [2.05, 4.69) is 21.2 Å². The summed E-state index contributed by atoms with van der Waals surface area (Å²) in [5.74, 6) is -1.46. The van der Waals surface area contributed by atoms with Gasteiger partial charge in [-0.25, -0.2) is 8.42 Å². The smallest absolute Gasteiger partial charge is 0.305 e. The van der Waals surface area contributed by atoms with Gasteiger partial charge in [-0.1, -0.05) is 15.9 Å².